The highest BCUT2D eigenvalue weighted by molar-refractivity contribution is 5.91. The van der Waals surface area contributed by atoms with Crippen LogP contribution in [0.4, 0.5) is 0 Å². The largest absolute Gasteiger partial charge is 0.461 e. The van der Waals surface area contributed by atoms with E-state index in [2.05, 4.69) is 64.7 Å². The molecule has 6 heteroatoms. The number of benzene rings is 3. The predicted octanol–water partition coefficient (Wildman–Crippen LogP) is 11.1. The molecule has 55 heavy (non-hydrogen) atoms. The molecule has 6 nitrogen and oxygen atoms in total. The van der Waals surface area contributed by atoms with Crippen LogP contribution in [0.3, 0.4) is 0 Å². The van der Waals surface area contributed by atoms with Gasteiger partial charge in [0.25, 0.3) is 0 Å². The Morgan fingerprint density at radius 3 is 2.25 bits per heavy atom. The summed E-state index contributed by atoms with van der Waals surface area (Å²) in [6.07, 6.45) is 10.3. The fourth-order valence-corrected chi connectivity index (χ4v) is 8.35. The number of carbonyl (C=O) groups is 2. The Bertz CT molecular complexity index is 1970. The first kappa shape index (κ1) is 40.1. The number of fused-ring (bicyclic) bond motifs is 1. The van der Waals surface area contributed by atoms with Gasteiger partial charge in [-0.25, -0.2) is 4.79 Å². The summed E-state index contributed by atoms with van der Waals surface area (Å²) in [5.74, 6) is 8.33. The maximum Gasteiger partial charge on any atom is 0.334 e. The van der Waals surface area contributed by atoms with Crippen LogP contribution in [-0.2, 0) is 36.8 Å². The highest BCUT2D eigenvalue weighted by Gasteiger charge is 2.48. The first-order valence-electron chi connectivity index (χ1n) is 20.3. The Morgan fingerprint density at radius 1 is 0.855 bits per heavy atom. The number of esters is 2. The third-order valence-corrected chi connectivity index (χ3v) is 11.1. The van der Waals surface area contributed by atoms with Crippen LogP contribution in [0.5, 0.6) is 0 Å². The molecular weight excluding hydrogens is 685 g/mol. The van der Waals surface area contributed by atoms with Crippen LogP contribution in [0.2, 0.25) is 0 Å². The van der Waals surface area contributed by atoms with E-state index in [-0.39, 0.29) is 25.2 Å². The summed E-state index contributed by atoms with van der Waals surface area (Å²) in [6, 6.07) is 26.1. The quantitative estimate of drug-likeness (QED) is 0.0686. The number of aryl methyl sites for hydroxylation is 1. The fraction of sp³-hybridized carbons (Fsp3) is 0.469. The minimum absolute atomic E-state index is 0.0595. The molecule has 1 aliphatic heterocycles. The summed E-state index contributed by atoms with van der Waals surface area (Å²) in [6.45, 7) is 11.5. The zero-order valence-electron chi connectivity index (χ0n) is 33.5. The monoisotopic (exact) mass is 742 g/mol. The zero-order valence-corrected chi connectivity index (χ0v) is 33.5. The summed E-state index contributed by atoms with van der Waals surface area (Å²) < 4.78 is 25.0. The Morgan fingerprint density at radius 2 is 1.55 bits per heavy atom. The minimum atomic E-state index is -1.09. The molecule has 4 aromatic rings. The van der Waals surface area contributed by atoms with Crippen LogP contribution >= 0.6 is 0 Å². The number of furan rings is 1. The van der Waals surface area contributed by atoms with E-state index in [0.717, 1.165) is 71.9 Å². The number of allylic oxidation sites excluding steroid dienone is 1. The van der Waals surface area contributed by atoms with Crippen molar-refractivity contribution >= 4 is 22.9 Å². The second-order valence-corrected chi connectivity index (χ2v) is 17.0. The average molecular weight is 743 g/mol. The van der Waals surface area contributed by atoms with Crippen LogP contribution in [0.15, 0.2) is 94.9 Å². The highest BCUT2D eigenvalue weighted by Crippen LogP contribution is 2.42. The van der Waals surface area contributed by atoms with Gasteiger partial charge in [-0.2, -0.15) is 0 Å². The molecule has 3 aromatic carbocycles. The van der Waals surface area contributed by atoms with Gasteiger partial charge in [-0.15, -0.1) is 0 Å². The first-order chi connectivity index (χ1) is 26.5. The molecule has 0 spiro atoms. The van der Waals surface area contributed by atoms with Gasteiger partial charge in [0.1, 0.15) is 18.0 Å². The predicted molar refractivity (Wildman–Crippen MR) is 218 cm³/mol. The van der Waals surface area contributed by atoms with Gasteiger partial charge in [0, 0.05) is 34.9 Å². The van der Waals surface area contributed by atoms with Crippen molar-refractivity contribution in [1.29, 1.82) is 0 Å². The summed E-state index contributed by atoms with van der Waals surface area (Å²) in [5.41, 5.74) is 3.70. The van der Waals surface area contributed by atoms with E-state index in [0.29, 0.717) is 55.6 Å². The number of hydrogen-bond donors (Lipinski definition) is 0. The molecule has 2 heterocycles. The smallest absolute Gasteiger partial charge is 0.334 e. The van der Waals surface area contributed by atoms with Crippen molar-refractivity contribution in [3.05, 3.63) is 119 Å². The molecule has 1 saturated heterocycles. The number of carbonyl (C=O) groups excluding carboxylic acids is 2. The number of ether oxygens (including phenoxy) is 3. The summed E-state index contributed by atoms with van der Waals surface area (Å²) in [7, 11) is 0. The van der Waals surface area contributed by atoms with Crippen molar-refractivity contribution in [3.8, 4) is 11.8 Å². The Balaban J connectivity index is 1.18. The van der Waals surface area contributed by atoms with Gasteiger partial charge in [0.05, 0.1) is 18.6 Å². The van der Waals surface area contributed by atoms with Crippen molar-refractivity contribution < 1.29 is 28.2 Å². The lowest BCUT2D eigenvalue weighted by Crippen LogP contribution is -2.44. The van der Waals surface area contributed by atoms with Crippen molar-refractivity contribution in [2.45, 2.75) is 111 Å². The van der Waals surface area contributed by atoms with E-state index < -0.39 is 11.0 Å². The molecule has 0 unspecified atom stereocenters. The fourth-order valence-electron chi connectivity index (χ4n) is 8.35. The van der Waals surface area contributed by atoms with Gasteiger partial charge < -0.3 is 18.6 Å². The molecule has 2 aliphatic rings. The standard InChI is InChI=1S/C49H58O6/c1-35(2)26-41(27-36(3)4)20-22-42-30-49(55-46(42)50,33-52-32-40-12-8-6-9-13-40)34-53-47(51)48(24-10-7-11-25-48)31-44-29-43-28-39(21-23-45(43)54-44)19-18-38-16-14-37(5)15-17-38/h6,8-9,12-17,21-23,28-29,35-36,41H,7,10-11,20,24-27,30-34H2,1-5H3/b42-22+/t49-/m1/s1. The first-order valence-corrected chi connectivity index (χ1v) is 20.3. The van der Waals surface area contributed by atoms with Crippen LogP contribution in [-0.4, -0.2) is 30.8 Å². The second kappa shape index (κ2) is 18.4. The van der Waals surface area contributed by atoms with Gasteiger partial charge in [0.2, 0.25) is 0 Å². The van der Waals surface area contributed by atoms with Gasteiger partial charge in [-0.1, -0.05) is 113 Å². The summed E-state index contributed by atoms with van der Waals surface area (Å²) >= 11 is 0. The van der Waals surface area contributed by atoms with Gasteiger partial charge >= 0.3 is 11.9 Å². The molecule has 1 aliphatic carbocycles. The molecule has 0 radical (unpaired) electrons. The summed E-state index contributed by atoms with van der Waals surface area (Å²) in [5, 5.41) is 0.959. The van der Waals surface area contributed by atoms with E-state index in [9.17, 15) is 9.59 Å². The maximum absolute atomic E-state index is 14.3. The lowest BCUT2D eigenvalue weighted by atomic mass is 9.71. The molecule has 0 amide bonds. The van der Waals surface area contributed by atoms with E-state index in [4.69, 9.17) is 18.6 Å². The third kappa shape index (κ3) is 11.0. The highest BCUT2D eigenvalue weighted by atomic mass is 16.6. The van der Waals surface area contributed by atoms with E-state index in [1.807, 2.05) is 66.7 Å². The molecule has 0 N–H and O–H groups in total. The normalized spacial score (nSPS) is 18.9. The van der Waals surface area contributed by atoms with Crippen LogP contribution < -0.4 is 0 Å². The van der Waals surface area contributed by atoms with Crippen molar-refractivity contribution in [2.75, 3.05) is 13.2 Å². The van der Waals surface area contributed by atoms with Gasteiger partial charge in [0.15, 0.2) is 5.60 Å². The molecular formula is C49H58O6. The van der Waals surface area contributed by atoms with E-state index in [1.165, 1.54) is 5.56 Å². The lowest BCUT2D eigenvalue weighted by Gasteiger charge is -2.35. The van der Waals surface area contributed by atoms with Crippen molar-refractivity contribution in [3.63, 3.8) is 0 Å². The molecule has 290 valence electrons. The van der Waals surface area contributed by atoms with E-state index in [1.54, 1.807) is 0 Å². The maximum atomic E-state index is 14.3. The molecule has 1 saturated carbocycles. The van der Waals surface area contributed by atoms with Crippen molar-refractivity contribution in [1.82, 2.24) is 0 Å². The molecule has 6 rings (SSSR count). The van der Waals surface area contributed by atoms with Gasteiger partial charge in [-0.3, -0.25) is 4.79 Å². The molecule has 0 bridgehead atoms. The summed E-state index contributed by atoms with van der Waals surface area (Å²) in [4.78, 5) is 27.8. The Hall–Kier alpha value is -4.60. The number of hydrogen-bond acceptors (Lipinski definition) is 6. The molecule has 2 fully saturated rings. The number of cyclic esters (lactones) is 1. The third-order valence-electron chi connectivity index (χ3n) is 11.1. The minimum Gasteiger partial charge on any atom is -0.461 e. The van der Waals surface area contributed by atoms with Crippen molar-refractivity contribution in [2.24, 2.45) is 23.2 Å². The topological polar surface area (TPSA) is 75.0 Å². The Labute approximate surface area is 328 Å². The Kier molecular flexibility index (Phi) is 13.4. The van der Waals surface area contributed by atoms with Crippen LogP contribution in [0.25, 0.3) is 11.0 Å². The van der Waals surface area contributed by atoms with Gasteiger partial charge in [-0.05, 0) is 98.7 Å². The SMILES string of the molecule is Cc1ccc(C#Cc2ccc3oc(CC4(C(=O)OC[C@]5(COCc6ccccc6)C/C(=C\CC(CC(C)C)CC(C)C)C(=O)O5)CCCCC4)cc3c2)cc1. The van der Waals surface area contributed by atoms with E-state index >= 15 is 0 Å². The molecule has 1 atom stereocenters. The second-order valence-electron chi connectivity index (χ2n) is 17.0. The average Bonchev–Trinajstić information content (AvgIpc) is 3.71. The lowest BCUT2D eigenvalue weighted by molar-refractivity contribution is -0.177. The van der Waals surface area contributed by atoms with Crippen LogP contribution in [0.1, 0.15) is 113 Å². The number of rotatable bonds is 15. The van der Waals surface area contributed by atoms with Crippen LogP contribution in [0, 0.1) is 41.9 Å². The zero-order chi connectivity index (χ0) is 38.8. The molecule has 1 aromatic heterocycles.